The molecule has 0 spiro atoms. The Morgan fingerprint density at radius 2 is 2.00 bits per heavy atom. The summed E-state index contributed by atoms with van der Waals surface area (Å²) in [4.78, 5) is 18.8. The number of pyridine rings is 1. The molecule has 6 heteroatoms. The van der Waals surface area contributed by atoms with Crippen LogP contribution in [0.25, 0.3) is 0 Å². The minimum Gasteiger partial charge on any atom is -0.378 e. The number of benzene rings is 1. The molecule has 0 unspecified atom stereocenters. The molecule has 2 aromatic rings. The first-order valence-corrected chi connectivity index (χ1v) is 9.29. The van der Waals surface area contributed by atoms with Gasteiger partial charge in [0.1, 0.15) is 5.82 Å². The maximum absolute atomic E-state index is 12.1. The fraction of sp³-hybridized carbons (Fsp3) is 0.400. The van der Waals surface area contributed by atoms with Gasteiger partial charge in [-0.05, 0) is 42.2 Å². The van der Waals surface area contributed by atoms with Gasteiger partial charge in [0.15, 0.2) is 0 Å². The molecule has 0 bridgehead atoms. The molecule has 1 saturated heterocycles. The zero-order chi connectivity index (χ0) is 18.4. The molecule has 0 aliphatic carbocycles. The molecule has 1 N–H and O–H groups in total. The van der Waals surface area contributed by atoms with Gasteiger partial charge in [-0.25, -0.2) is 4.98 Å². The van der Waals surface area contributed by atoms with E-state index in [2.05, 4.69) is 15.2 Å². The molecule has 5 nitrogen and oxygen atoms in total. The highest BCUT2D eigenvalue weighted by atomic mass is 35.5. The normalized spacial score (nSPS) is 14.3. The maximum atomic E-state index is 12.1. The van der Waals surface area contributed by atoms with Gasteiger partial charge >= 0.3 is 0 Å². The Kier molecular flexibility index (Phi) is 6.47. The molecule has 0 radical (unpaired) electrons. The summed E-state index contributed by atoms with van der Waals surface area (Å²) in [7, 11) is 0. The molecule has 1 aromatic carbocycles. The summed E-state index contributed by atoms with van der Waals surface area (Å²) >= 11 is 6.12. The Bertz CT molecular complexity index is 743. The fourth-order valence-corrected chi connectivity index (χ4v) is 3.04. The summed E-state index contributed by atoms with van der Waals surface area (Å²) in [6.45, 7) is 5.68. The largest absolute Gasteiger partial charge is 0.378 e. The van der Waals surface area contributed by atoms with Crippen LogP contribution in [0.4, 0.5) is 5.82 Å². The van der Waals surface area contributed by atoms with Crippen molar-refractivity contribution in [3.05, 3.63) is 58.2 Å². The molecule has 0 atom stereocenters. The molecule has 1 fully saturated rings. The van der Waals surface area contributed by atoms with E-state index in [1.165, 1.54) is 0 Å². The Balaban J connectivity index is 1.44. The van der Waals surface area contributed by atoms with Crippen molar-refractivity contribution in [3.8, 4) is 0 Å². The summed E-state index contributed by atoms with van der Waals surface area (Å²) in [6.07, 6.45) is 2.95. The molecular weight excluding hydrogens is 350 g/mol. The number of carbonyl (C=O) groups excluding carboxylic acids is 1. The highest BCUT2D eigenvalue weighted by Crippen LogP contribution is 2.17. The van der Waals surface area contributed by atoms with Crippen LogP contribution in [-0.4, -0.2) is 37.2 Å². The van der Waals surface area contributed by atoms with E-state index < -0.39 is 0 Å². The topological polar surface area (TPSA) is 54.5 Å². The SMILES string of the molecule is Cc1ccc(CCC(=O)NCc2ccc(N3CCOCC3)nc2)cc1Cl. The molecular formula is C20H24ClN3O2. The van der Waals surface area contributed by atoms with Gasteiger partial charge in [0.05, 0.1) is 13.2 Å². The third-order valence-electron chi connectivity index (χ3n) is 4.51. The molecule has 138 valence electrons. The molecule has 1 aromatic heterocycles. The first-order valence-electron chi connectivity index (χ1n) is 8.91. The van der Waals surface area contributed by atoms with Gasteiger partial charge in [-0.15, -0.1) is 0 Å². The zero-order valence-electron chi connectivity index (χ0n) is 15.0. The van der Waals surface area contributed by atoms with Gasteiger partial charge in [0.2, 0.25) is 5.91 Å². The van der Waals surface area contributed by atoms with Crippen LogP contribution in [0.1, 0.15) is 23.1 Å². The van der Waals surface area contributed by atoms with Gasteiger partial charge in [0.25, 0.3) is 0 Å². The van der Waals surface area contributed by atoms with E-state index in [0.29, 0.717) is 19.4 Å². The van der Waals surface area contributed by atoms with Gasteiger partial charge in [0, 0.05) is 37.3 Å². The number of amides is 1. The zero-order valence-corrected chi connectivity index (χ0v) is 15.8. The summed E-state index contributed by atoms with van der Waals surface area (Å²) in [5.74, 6) is 0.985. The van der Waals surface area contributed by atoms with E-state index in [-0.39, 0.29) is 5.91 Å². The Morgan fingerprint density at radius 1 is 1.23 bits per heavy atom. The summed E-state index contributed by atoms with van der Waals surface area (Å²) < 4.78 is 5.35. The second-order valence-electron chi connectivity index (χ2n) is 6.48. The van der Waals surface area contributed by atoms with Crippen molar-refractivity contribution >= 4 is 23.3 Å². The predicted octanol–water partition coefficient (Wildman–Crippen LogP) is 3.13. The van der Waals surface area contributed by atoms with Gasteiger partial charge in [-0.3, -0.25) is 4.79 Å². The van der Waals surface area contributed by atoms with Crippen LogP contribution in [-0.2, 0) is 22.5 Å². The van der Waals surface area contributed by atoms with Crippen molar-refractivity contribution in [3.63, 3.8) is 0 Å². The van der Waals surface area contributed by atoms with Crippen LogP contribution in [0.15, 0.2) is 36.5 Å². The lowest BCUT2D eigenvalue weighted by atomic mass is 10.1. The van der Waals surface area contributed by atoms with E-state index >= 15 is 0 Å². The summed E-state index contributed by atoms with van der Waals surface area (Å²) in [6, 6.07) is 9.94. The number of hydrogen-bond acceptors (Lipinski definition) is 4. The highest BCUT2D eigenvalue weighted by molar-refractivity contribution is 6.31. The van der Waals surface area contributed by atoms with E-state index in [9.17, 15) is 4.79 Å². The Labute approximate surface area is 159 Å². The van der Waals surface area contributed by atoms with Crippen LogP contribution in [0.3, 0.4) is 0 Å². The van der Waals surface area contributed by atoms with Crippen LogP contribution < -0.4 is 10.2 Å². The third-order valence-corrected chi connectivity index (χ3v) is 4.92. The average molecular weight is 374 g/mol. The van der Waals surface area contributed by atoms with Crippen molar-refractivity contribution in [1.29, 1.82) is 0 Å². The number of nitrogens with zero attached hydrogens (tertiary/aromatic N) is 2. The van der Waals surface area contributed by atoms with Crippen LogP contribution >= 0.6 is 11.6 Å². The smallest absolute Gasteiger partial charge is 0.220 e. The van der Waals surface area contributed by atoms with Crippen molar-refractivity contribution in [1.82, 2.24) is 10.3 Å². The standard InChI is InChI=1S/C20H24ClN3O2/c1-15-2-3-16(12-18(15)21)5-7-20(25)23-14-17-4-6-19(22-13-17)24-8-10-26-11-9-24/h2-4,6,12-13H,5,7-11,14H2,1H3,(H,23,25). The maximum Gasteiger partial charge on any atom is 0.220 e. The highest BCUT2D eigenvalue weighted by Gasteiger charge is 2.12. The molecule has 1 aliphatic heterocycles. The Hall–Kier alpha value is -2.11. The second kappa shape index (κ2) is 9.01. The average Bonchev–Trinajstić information content (AvgIpc) is 2.68. The lowest BCUT2D eigenvalue weighted by Crippen LogP contribution is -2.36. The number of aryl methyl sites for hydroxylation is 2. The van der Waals surface area contributed by atoms with Crippen molar-refractivity contribution in [2.75, 3.05) is 31.2 Å². The number of anilines is 1. The number of aromatic nitrogens is 1. The monoisotopic (exact) mass is 373 g/mol. The summed E-state index contributed by atoms with van der Waals surface area (Å²) in [5.41, 5.74) is 3.12. The van der Waals surface area contributed by atoms with E-state index in [1.54, 1.807) is 0 Å². The fourth-order valence-electron chi connectivity index (χ4n) is 2.84. The van der Waals surface area contributed by atoms with E-state index in [0.717, 1.165) is 53.8 Å². The number of nitrogens with one attached hydrogen (secondary N) is 1. The minimum atomic E-state index is 0.0268. The van der Waals surface area contributed by atoms with Crippen molar-refractivity contribution in [2.45, 2.75) is 26.3 Å². The van der Waals surface area contributed by atoms with Gasteiger partial charge in [-0.1, -0.05) is 29.8 Å². The molecule has 1 amide bonds. The van der Waals surface area contributed by atoms with Gasteiger partial charge in [-0.2, -0.15) is 0 Å². The Morgan fingerprint density at radius 3 is 2.69 bits per heavy atom. The number of rotatable bonds is 6. The molecule has 26 heavy (non-hydrogen) atoms. The second-order valence-corrected chi connectivity index (χ2v) is 6.89. The van der Waals surface area contributed by atoms with Crippen molar-refractivity contribution in [2.24, 2.45) is 0 Å². The van der Waals surface area contributed by atoms with Crippen LogP contribution in [0.2, 0.25) is 5.02 Å². The number of ether oxygens (including phenoxy) is 1. The van der Waals surface area contributed by atoms with Crippen LogP contribution in [0.5, 0.6) is 0 Å². The first kappa shape index (κ1) is 18.7. The van der Waals surface area contributed by atoms with Crippen LogP contribution in [0, 0.1) is 6.92 Å². The molecule has 2 heterocycles. The van der Waals surface area contributed by atoms with Crippen molar-refractivity contribution < 1.29 is 9.53 Å². The van der Waals surface area contributed by atoms with E-state index in [4.69, 9.17) is 16.3 Å². The molecule has 1 aliphatic rings. The lowest BCUT2D eigenvalue weighted by molar-refractivity contribution is -0.121. The quantitative estimate of drug-likeness (QED) is 0.845. The minimum absolute atomic E-state index is 0.0268. The summed E-state index contributed by atoms with van der Waals surface area (Å²) in [5, 5.41) is 3.69. The van der Waals surface area contributed by atoms with Gasteiger partial charge < -0.3 is 15.0 Å². The molecule has 0 saturated carbocycles. The first-order chi connectivity index (χ1) is 12.6. The molecule has 3 rings (SSSR count). The number of halogens is 1. The third kappa shape index (κ3) is 5.19. The van der Waals surface area contributed by atoms with E-state index in [1.807, 2.05) is 43.5 Å². The lowest BCUT2D eigenvalue weighted by Gasteiger charge is -2.27. The number of morpholine rings is 1. The number of carbonyl (C=O) groups is 1. The number of hydrogen-bond donors (Lipinski definition) is 1. The predicted molar refractivity (Wildman–Crippen MR) is 104 cm³/mol.